The third-order valence-electron chi connectivity index (χ3n) is 2.20. The molecule has 0 saturated heterocycles. The number of carbonyl (C=O) groups is 1. The largest absolute Gasteiger partial charge is 1.00 e. The van der Waals surface area contributed by atoms with Crippen LogP contribution in [0.1, 0.15) is 15.2 Å². The van der Waals surface area contributed by atoms with E-state index in [9.17, 15) is 18.0 Å². The normalized spacial score (nSPS) is 10.8. The van der Waals surface area contributed by atoms with Gasteiger partial charge in [-0.25, -0.2) is 15.1 Å². The smallest absolute Gasteiger partial charge is 0.419 e. The first kappa shape index (κ1) is 16.7. The van der Waals surface area contributed by atoms with Gasteiger partial charge in [-0.15, -0.1) is 11.3 Å². The lowest BCUT2D eigenvalue weighted by atomic mass is 10.3. The Labute approximate surface area is 127 Å². The molecular weight excluding hydrogens is 336 g/mol. The summed E-state index contributed by atoms with van der Waals surface area (Å²) < 4.78 is 37.3. The number of rotatable bonds is 2. The Kier molecular flexibility index (Phi) is 5.38. The maximum Gasteiger partial charge on any atom is 0.419 e. The molecule has 0 unspecified atom stereocenters. The second kappa shape index (κ2) is 6.43. The van der Waals surface area contributed by atoms with Gasteiger partial charge in [-0.2, -0.15) is 13.2 Å². The zero-order valence-electron chi connectivity index (χ0n) is 9.59. The molecule has 0 aliphatic carbocycles. The van der Waals surface area contributed by atoms with Gasteiger partial charge < -0.3 is 12.4 Å². The molecule has 2 rings (SSSR count). The highest BCUT2D eigenvalue weighted by Gasteiger charge is 2.33. The number of hydrogen-bond donors (Lipinski definition) is 1. The predicted octanol–water partition coefficient (Wildman–Crippen LogP) is 0.491. The summed E-state index contributed by atoms with van der Waals surface area (Å²) in [6.45, 7) is 0. The fraction of sp³-hybridized carbons (Fsp3) is 0.0909. The minimum absolute atomic E-state index is 0. The van der Waals surface area contributed by atoms with Crippen molar-refractivity contribution in [3.8, 4) is 0 Å². The van der Waals surface area contributed by atoms with Crippen molar-refractivity contribution in [2.24, 2.45) is 0 Å². The molecule has 0 aromatic carbocycles. The van der Waals surface area contributed by atoms with Crippen molar-refractivity contribution in [1.82, 2.24) is 0 Å². The molecule has 2 N–H and O–H groups in total. The van der Waals surface area contributed by atoms with Crippen LogP contribution in [0.25, 0.3) is 0 Å². The SMILES string of the molecule is O=C(Nc1[nH+]cc(C(F)(F)F)cc1Cl)c1cccs1.[Cl-]. The van der Waals surface area contributed by atoms with E-state index in [-0.39, 0.29) is 23.2 Å². The van der Waals surface area contributed by atoms with Gasteiger partial charge in [0.05, 0.1) is 5.56 Å². The Hall–Kier alpha value is -1.31. The van der Waals surface area contributed by atoms with Gasteiger partial charge in [0.15, 0.2) is 0 Å². The molecule has 9 heteroatoms. The zero-order chi connectivity index (χ0) is 14.0. The molecule has 0 atom stereocenters. The quantitative estimate of drug-likeness (QED) is 0.848. The summed E-state index contributed by atoms with van der Waals surface area (Å²) in [6.07, 6.45) is -3.74. The Bertz CT molecular complexity index is 602. The lowest BCUT2D eigenvalue weighted by Crippen LogP contribution is -3.00. The van der Waals surface area contributed by atoms with Crippen LogP contribution in [0.3, 0.4) is 0 Å². The summed E-state index contributed by atoms with van der Waals surface area (Å²) in [4.78, 5) is 14.5. The number of thiophene rings is 1. The third kappa shape index (κ3) is 3.84. The van der Waals surface area contributed by atoms with Crippen molar-refractivity contribution in [2.45, 2.75) is 6.18 Å². The Morgan fingerprint density at radius 3 is 2.60 bits per heavy atom. The molecule has 20 heavy (non-hydrogen) atoms. The van der Waals surface area contributed by atoms with Gasteiger partial charge in [-0.3, -0.25) is 0 Å². The minimum atomic E-state index is -4.49. The molecule has 0 spiro atoms. The first-order chi connectivity index (χ1) is 8.88. The minimum Gasteiger partial charge on any atom is -1.00 e. The number of anilines is 1. The summed E-state index contributed by atoms with van der Waals surface area (Å²) in [5.74, 6) is -0.416. The van der Waals surface area contributed by atoms with Crippen LogP contribution in [0.15, 0.2) is 29.8 Å². The van der Waals surface area contributed by atoms with Crippen LogP contribution in [0.5, 0.6) is 0 Å². The van der Waals surface area contributed by atoms with Crippen LogP contribution >= 0.6 is 22.9 Å². The standard InChI is InChI=1S/C11H6ClF3N2OS.ClH/c12-7-4-6(11(13,14)15)5-16-9(7)17-10(18)8-2-1-3-19-8;/h1-5H,(H,16,17,18);1H. The molecule has 3 nitrogen and oxygen atoms in total. The summed E-state index contributed by atoms with van der Waals surface area (Å²) in [6, 6.07) is 4.04. The van der Waals surface area contributed by atoms with E-state index in [2.05, 4.69) is 10.3 Å². The molecule has 0 fully saturated rings. The number of H-pyrrole nitrogens is 1. The molecule has 0 bridgehead atoms. The number of alkyl halides is 3. The fourth-order valence-corrected chi connectivity index (χ4v) is 2.15. The van der Waals surface area contributed by atoms with Crippen molar-refractivity contribution in [1.29, 1.82) is 0 Å². The summed E-state index contributed by atoms with van der Waals surface area (Å²) >= 11 is 6.91. The highest BCUT2D eigenvalue weighted by atomic mass is 35.5. The topological polar surface area (TPSA) is 43.2 Å². The van der Waals surface area contributed by atoms with E-state index in [0.29, 0.717) is 4.88 Å². The molecule has 1 amide bonds. The number of nitrogens with one attached hydrogen (secondary N) is 2. The first-order valence-electron chi connectivity index (χ1n) is 5.01. The maximum atomic E-state index is 12.4. The van der Waals surface area contributed by atoms with E-state index in [4.69, 9.17) is 11.6 Å². The van der Waals surface area contributed by atoms with Gasteiger partial charge >= 0.3 is 12.1 Å². The number of hydrogen-bond acceptors (Lipinski definition) is 2. The number of amides is 1. The van der Waals surface area contributed by atoms with Crippen LogP contribution in [-0.2, 0) is 6.18 Å². The van der Waals surface area contributed by atoms with E-state index < -0.39 is 17.6 Å². The fourth-order valence-electron chi connectivity index (χ4n) is 1.31. The molecule has 0 aliphatic heterocycles. The van der Waals surface area contributed by atoms with Crippen LogP contribution in [0, 0.1) is 0 Å². The number of pyridine rings is 1. The van der Waals surface area contributed by atoms with E-state index in [1.807, 2.05) is 0 Å². The second-order valence-corrected chi connectivity index (χ2v) is 4.90. The Morgan fingerprint density at radius 2 is 2.10 bits per heavy atom. The highest BCUT2D eigenvalue weighted by molar-refractivity contribution is 7.12. The molecule has 2 aromatic heterocycles. The van der Waals surface area contributed by atoms with Crippen molar-refractivity contribution in [3.63, 3.8) is 0 Å². The lowest BCUT2D eigenvalue weighted by molar-refractivity contribution is -0.364. The van der Waals surface area contributed by atoms with Crippen molar-refractivity contribution < 1.29 is 35.4 Å². The summed E-state index contributed by atoms with van der Waals surface area (Å²) in [7, 11) is 0. The van der Waals surface area contributed by atoms with E-state index in [1.165, 1.54) is 11.3 Å². The molecule has 108 valence electrons. The Balaban J connectivity index is 0.00000200. The van der Waals surface area contributed by atoms with E-state index in [0.717, 1.165) is 12.3 Å². The van der Waals surface area contributed by atoms with Gasteiger partial charge in [0.1, 0.15) is 16.1 Å². The first-order valence-corrected chi connectivity index (χ1v) is 6.27. The molecule has 0 radical (unpaired) electrons. The third-order valence-corrected chi connectivity index (χ3v) is 3.37. The average Bonchev–Trinajstić information content (AvgIpc) is 2.84. The van der Waals surface area contributed by atoms with Crippen molar-refractivity contribution in [3.05, 3.63) is 45.2 Å². The average molecular weight is 343 g/mol. The molecule has 2 heterocycles. The molecule has 2 aromatic rings. The van der Waals surface area contributed by atoms with Crippen LogP contribution < -0.4 is 22.7 Å². The second-order valence-electron chi connectivity index (χ2n) is 3.54. The van der Waals surface area contributed by atoms with Crippen molar-refractivity contribution in [2.75, 3.05) is 5.32 Å². The number of halogens is 5. The van der Waals surface area contributed by atoms with E-state index >= 15 is 0 Å². The lowest BCUT2D eigenvalue weighted by Gasteiger charge is -2.05. The van der Waals surface area contributed by atoms with Crippen LogP contribution in [-0.4, -0.2) is 5.91 Å². The van der Waals surface area contributed by atoms with Gasteiger partial charge in [0.25, 0.3) is 5.82 Å². The van der Waals surface area contributed by atoms with E-state index in [1.54, 1.807) is 17.5 Å². The van der Waals surface area contributed by atoms with Crippen LogP contribution in [0.4, 0.5) is 19.0 Å². The Morgan fingerprint density at radius 1 is 1.40 bits per heavy atom. The van der Waals surface area contributed by atoms with Gasteiger partial charge in [-0.05, 0) is 17.5 Å². The number of aromatic nitrogens is 1. The van der Waals surface area contributed by atoms with Gasteiger partial charge in [0, 0.05) is 0 Å². The van der Waals surface area contributed by atoms with Crippen LogP contribution in [0.2, 0.25) is 5.02 Å². The predicted molar refractivity (Wildman–Crippen MR) is 65.3 cm³/mol. The zero-order valence-corrected chi connectivity index (χ0v) is 11.9. The van der Waals surface area contributed by atoms with Crippen molar-refractivity contribution >= 4 is 34.7 Å². The molecular formula is C11H7Cl2F3N2OS. The molecule has 0 aliphatic rings. The summed E-state index contributed by atoms with van der Waals surface area (Å²) in [5.41, 5.74) is -0.911. The summed E-state index contributed by atoms with van der Waals surface area (Å²) in [5, 5.41) is 3.91. The number of aromatic amines is 1. The van der Waals surface area contributed by atoms with Gasteiger partial charge in [0.2, 0.25) is 0 Å². The maximum absolute atomic E-state index is 12.4. The highest BCUT2D eigenvalue weighted by Crippen LogP contribution is 2.31. The van der Waals surface area contributed by atoms with Gasteiger partial charge in [-0.1, -0.05) is 17.7 Å². The number of carbonyl (C=O) groups excluding carboxylic acids is 1. The monoisotopic (exact) mass is 342 g/mol. The molecule has 0 saturated carbocycles.